The Bertz CT molecular complexity index is 328. The molecule has 3 fully saturated rings. The van der Waals surface area contributed by atoms with E-state index < -0.39 is 0 Å². The average Bonchev–Trinajstić information content (AvgIpc) is 2.66. The van der Waals surface area contributed by atoms with Gasteiger partial charge in [0.05, 0.1) is 6.04 Å². The predicted molar refractivity (Wildman–Crippen MR) is 50.7 cm³/mol. The molecule has 4 heteroatoms. The fourth-order valence-electron chi connectivity index (χ4n) is 2.68. The van der Waals surface area contributed by atoms with Crippen LogP contribution in [0.3, 0.4) is 0 Å². The minimum atomic E-state index is 0.431. The number of nitrogens with zero attached hydrogens (tertiary/aromatic N) is 3. The maximum atomic E-state index is 5.04. The van der Waals surface area contributed by atoms with Crippen LogP contribution in [0.1, 0.15) is 37.0 Å². The van der Waals surface area contributed by atoms with Crippen LogP contribution >= 0.6 is 0 Å². The van der Waals surface area contributed by atoms with Gasteiger partial charge in [0.2, 0.25) is 5.89 Å². The van der Waals surface area contributed by atoms with E-state index in [1.165, 1.54) is 32.4 Å². The summed E-state index contributed by atoms with van der Waals surface area (Å²) in [5.74, 6) is 2.47. The highest BCUT2D eigenvalue weighted by molar-refractivity contribution is 5.00. The molecule has 3 aliphatic rings. The molecular weight excluding hydrogens is 178 g/mol. The van der Waals surface area contributed by atoms with E-state index >= 15 is 0 Å². The molecule has 4 rings (SSSR count). The van der Waals surface area contributed by atoms with Crippen LogP contribution in [0.5, 0.6) is 0 Å². The third kappa shape index (κ3) is 1.25. The second kappa shape index (κ2) is 3.05. The van der Waals surface area contributed by atoms with Gasteiger partial charge in [-0.15, -0.1) is 0 Å². The zero-order valence-electron chi connectivity index (χ0n) is 8.44. The van der Waals surface area contributed by atoms with Crippen LogP contribution < -0.4 is 0 Å². The Labute approximate surface area is 83.3 Å². The molecule has 1 aromatic heterocycles. The van der Waals surface area contributed by atoms with Crippen molar-refractivity contribution in [1.29, 1.82) is 0 Å². The molecule has 1 aromatic rings. The van der Waals surface area contributed by atoms with Crippen molar-refractivity contribution < 1.29 is 4.52 Å². The van der Waals surface area contributed by atoms with Gasteiger partial charge in [0.25, 0.3) is 0 Å². The van der Waals surface area contributed by atoms with E-state index in [4.69, 9.17) is 4.52 Å². The fourth-order valence-corrected chi connectivity index (χ4v) is 2.68. The Hall–Kier alpha value is -0.900. The lowest BCUT2D eigenvalue weighted by molar-refractivity contribution is 0.0433. The van der Waals surface area contributed by atoms with Gasteiger partial charge in [-0.3, -0.25) is 4.90 Å². The first-order valence-corrected chi connectivity index (χ1v) is 5.37. The van der Waals surface area contributed by atoms with Crippen LogP contribution in [-0.4, -0.2) is 28.1 Å². The lowest BCUT2D eigenvalue weighted by Crippen LogP contribution is -2.44. The predicted octanol–water partition coefficient (Wildman–Crippen LogP) is 1.53. The van der Waals surface area contributed by atoms with Crippen molar-refractivity contribution in [1.82, 2.24) is 15.0 Å². The molecule has 0 spiro atoms. The highest BCUT2D eigenvalue weighted by atomic mass is 16.5. The largest absolute Gasteiger partial charge is 0.340 e. The number of fused-ring (bicyclic) bond motifs is 3. The van der Waals surface area contributed by atoms with Gasteiger partial charge in [-0.2, -0.15) is 4.98 Å². The van der Waals surface area contributed by atoms with Crippen LogP contribution in [0.25, 0.3) is 0 Å². The molecule has 1 unspecified atom stereocenters. The van der Waals surface area contributed by atoms with Crippen LogP contribution in [0, 0.1) is 12.8 Å². The van der Waals surface area contributed by atoms with Crippen molar-refractivity contribution in [3.05, 3.63) is 11.7 Å². The van der Waals surface area contributed by atoms with Gasteiger partial charge in [0.1, 0.15) is 0 Å². The molecular formula is C10H15N3O. The first-order valence-electron chi connectivity index (χ1n) is 5.37. The van der Waals surface area contributed by atoms with Crippen LogP contribution in [0.2, 0.25) is 0 Å². The first kappa shape index (κ1) is 8.41. The average molecular weight is 193 g/mol. The SMILES string of the molecule is Cc1nc(C2CC3CCN2CC3)no1. The van der Waals surface area contributed by atoms with Crippen molar-refractivity contribution >= 4 is 0 Å². The summed E-state index contributed by atoms with van der Waals surface area (Å²) in [6.07, 6.45) is 3.93. The maximum Gasteiger partial charge on any atom is 0.223 e. The molecule has 1 atom stereocenters. The molecule has 4 heterocycles. The lowest BCUT2D eigenvalue weighted by Gasteiger charge is -2.43. The van der Waals surface area contributed by atoms with E-state index in [0.29, 0.717) is 11.9 Å². The lowest BCUT2D eigenvalue weighted by atomic mass is 9.83. The van der Waals surface area contributed by atoms with Gasteiger partial charge in [-0.1, -0.05) is 5.16 Å². The maximum absolute atomic E-state index is 5.04. The van der Waals surface area contributed by atoms with Gasteiger partial charge in [0.15, 0.2) is 5.82 Å². The van der Waals surface area contributed by atoms with Gasteiger partial charge in [0, 0.05) is 6.92 Å². The summed E-state index contributed by atoms with van der Waals surface area (Å²) >= 11 is 0. The smallest absolute Gasteiger partial charge is 0.223 e. The van der Waals surface area contributed by atoms with Crippen LogP contribution in [-0.2, 0) is 0 Å². The van der Waals surface area contributed by atoms with Gasteiger partial charge >= 0.3 is 0 Å². The van der Waals surface area contributed by atoms with E-state index in [-0.39, 0.29) is 0 Å². The molecule has 0 N–H and O–H groups in total. The zero-order valence-corrected chi connectivity index (χ0v) is 8.44. The normalized spacial score (nSPS) is 36.2. The summed E-state index contributed by atoms with van der Waals surface area (Å²) in [4.78, 5) is 6.82. The number of aryl methyl sites for hydroxylation is 1. The summed E-state index contributed by atoms with van der Waals surface area (Å²) in [5, 5.41) is 4.03. The molecule has 0 aliphatic carbocycles. The minimum Gasteiger partial charge on any atom is -0.340 e. The Kier molecular flexibility index (Phi) is 1.83. The van der Waals surface area contributed by atoms with Crippen molar-refractivity contribution in [2.75, 3.05) is 13.1 Å². The first-order chi connectivity index (χ1) is 6.83. The molecule has 3 aliphatic heterocycles. The summed E-state index contributed by atoms with van der Waals surface area (Å²) in [5.41, 5.74) is 0. The molecule has 0 radical (unpaired) electrons. The van der Waals surface area contributed by atoms with E-state index in [2.05, 4.69) is 15.0 Å². The molecule has 0 saturated carbocycles. The topological polar surface area (TPSA) is 42.2 Å². The van der Waals surface area contributed by atoms with Crippen LogP contribution in [0.4, 0.5) is 0 Å². The van der Waals surface area contributed by atoms with Gasteiger partial charge in [-0.25, -0.2) is 0 Å². The summed E-state index contributed by atoms with van der Waals surface area (Å²) < 4.78 is 5.04. The van der Waals surface area contributed by atoms with Gasteiger partial charge in [-0.05, 0) is 38.3 Å². The molecule has 4 nitrogen and oxygen atoms in total. The summed E-state index contributed by atoms with van der Waals surface area (Å²) in [7, 11) is 0. The number of rotatable bonds is 1. The molecule has 76 valence electrons. The highest BCUT2D eigenvalue weighted by Crippen LogP contribution is 2.39. The van der Waals surface area contributed by atoms with Crippen molar-refractivity contribution in [2.24, 2.45) is 5.92 Å². The van der Waals surface area contributed by atoms with E-state index in [0.717, 1.165) is 11.7 Å². The number of hydrogen-bond acceptors (Lipinski definition) is 4. The minimum absolute atomic E-state index is 0.431. The number of hydrogen-bond donors (Lipinski definition) is 0. The van der Waals surface area contributed by atoms with Crippen LogP contribution in [0.15, 0.2) is 4.52 Å². The monoisotopic (exact) mass is 193 g/mol. The van der Waals surface area contributed by atoms with E-state index in [9.17, 15) is 0 Å². The molecule has 2 bridgehead atoms. The zero-order chi connectivity index (χ0) is 9.54. The van der Waals surface area contributed by atoms with Crippen molar-refractivity contribution in [2.45, 2.75) is 32.2 Å². The summed E-state index contributed by atoms with van der Waals surface area (Å²) in [6.45, 7) is 4.28. The third-order valence-electron chi connectivity index (χ3n) is 3.49. The number of aromatic nitrogens is 2. The standard InChI is InChI=1S/C10H15N3O/c1-7-11-10(12-14-7)9-6-8-2-4-13(9)5-3-8/h8-9H,2-6H2,1H3. The second-order valence-electron chi connectivity index (χ2n) is 4.40. The fraction of sp³-hybridized carbons (Fsp3) is 0.800. The Morgan fingerprint density at radius 1 is 1.36 bits per heavy atom. The third-order valence-corrected chi connectivity index (χ3v) is 3.49. The second-order valence-corrected chi connectivity index (χ2v) is 4.40. The summed E-state index contributed by atoms with van der Waals surface area (Å²) in [6, 6.07) is 0.431. The Morgan fingerprint density at radius 2 is 2.14 bits per heavy atom. The number of piperidine rings is 3. The quantitative estimate of drug-likeness (QED) is 0.678. The Balaban J connectivity index is 1.85. The van der Waals surface area contributed by atoms with E-state index in [1.807, 2.05) is 6.92 Å². The Morgan fingerprint density at radius 3 is 2.64 bits per heavy atom. The molecule has 3 saturated heterocycles. The molecule has 0 aromatic carbocycles. The molecule has 14 heavy (non-hydrogen) atoms. The molecule has 0 amide bonds. The van der Waals surface area contributed by atoms with Crippen molar-refractivity contribution in [3.8, 4) is 0 Å². The van der Waals surface area contributed by atoms with Gasteiger partial charge < -0.3 is 4.52 Å². The van der Waals surface area contributed by atoms with E-state index in [1.54, 1.807) is 0 Å². The highest BCUT2D eigenvalue weighted by Gasteiger charge is 2.36. The van der Waals surface area contributed by atoms with Crippen molar-refractivity contribution in [3.63, 3.8) is 0 Å².